The predicted octanol–water partition coefficient (Wildman–Crippen LogP) is 1.35. The highest BCUT2D eigenvalue weighted by atomic mass is 32.1. The van der Waals surface area contributed by atoms with E-state index < -0.39 is 0 Å². The summed E-state index contributed by atoms with van der Waals surface area (Å²) in [5.74, 6) is 0. The molecule has 0 spiro atoms. The van der Waals surface area contributed by atoms with Crippen LogP contribution >= 0.6 is 24.8 Å². The maximum atomic E-state index is 11.5. The Morgan fingerprint density at radius 3 is 2.58 bits per heavy atom. The first-order valence-electron chi connectivity index (χ1n) is 3.87. The Labute approximate surface area is 83.1 Å². The second-order valence-electron chi connectivity index (χ2n) is 2.69. The van der Waals surface area contributed by atoms with E-state index in [1.54, 1.807) is 9.80 Å². The fraction of sp³-hybridized carbons (Fsp3) is 0.714. The standard InChI is InChI=1S/C7H12N2OS2/c1-3-8-4-6(12)9(5(2)11)7(8)10/h5,11H,3-4H2,1-2H3. The van der Waals surface area contributed by atoms with Crippen LogP contribution in [0.3, 0.4) is 0 Å². The topological polar surface area (TPSA) is 23.6 Å². The number of amides is 2. The molecular formula is C7H12N2OS2. The van der Waals surface area contributed by atoms with Crippen molar-refractivity contribution in [3.05, 3.63) is 0 Å². The molecule has 1 heterocycles. The van der Waals surface area contributed by atoms with Crippen LogP contribution in [0, 0.1) is 0 Å². The van der Waals surface area contributed by atoms with Crippen molar-refractivity contribution in [3.8, 4) is 0 Å². The second kappa shape index (κ2) is 3.62. The molecule has 1 rings (SSSR count). The van der Waals surface area contributed by atoms with Gasteiger partial charge in [0.25, 0.3) is 0 Å². The molecule has 0 aromatic heterocycles. The summed E-state index contributed by atoms with van der Waals surface area (Å²) in [4.78, 5) is 15.4. The number of hydrogen-bond acceptors (Lipinski definition) is 3. The van der Waals surface area contributed by atoms with Crippen molar-refractivity contribution in [1.82, 2.24) is 9.80 Å². The Kier molecular flexibility index (Phi) is 2.95. The molecule has 0 aromatic rings. The first-order chi connectivity index (χ1) is 5.57. The molecule has 1 saturated heterocycles. The van der Waals surface area contributed by atoms with Crippen LogP contribution in [0.4, 0.5) is 4.79 Å². The minimum Gasteiger partial charge on any atom is -0.318 e. The predicted molar refractivity (Wildman–Crippen MR) is 55.5 cm³/mol. The monoisotopic (exact) mass is 204 g/mol. The van der Waals surface area contributed by atoms with E-state index >= 15 is 0 Å². The average molecular weight is 204 g/mol. The van der Waals surface area contributed by atoms with Gasteiger partial charge in [0, 0.05) is 6.54 Å². The van der Waals surface area contributed by atoms with Crippen molar-refractivity contribution >= 4 is 35.9 Å². The summed E-state index contributed by atoms with van der Waals surface area (Å²) < 4.78 is 0. The molecule has 1 fully saturated rings. The first kappa shape index (κ1) is 9.80. The third kappa shape index (κ3) is 1.56. The molecule has 1 aliphatic heterocycles. The van der Waals surface area contributed by atoms with Gasteiger partial charge in [0.2, 0.25) is 0 Å². The molecule has 0 N–H and O–H groups in total. The van der Waals surface area contributed by atoms with Gasteiger partial charge in [-0.3, -0.25) is 4.90 Å². The number of thiocarbonyl (C=S) groups is 1. The van der Waals surface area contributed by atoms with Crippen LogP contribution in [0.1, 0.15) is 13.8 Å². The SMILES string of the molecule is CCN1CC(=S)N(C(C)S)C1=O. The number of thiol groups is 1. The van der Waals surface area contributed by atoms with Crippen molar-refractivity contribution in [2.75, 3.05) is 13.1 Å². The summed E-state index contributed by atoms with van der Waals surface area (Å²) in [5, 5.41) is -0.124. The van der Waals surface area contributed by atoms with Gasteiger partial charge < -0.3 is 4.90 Å². The van der Waals surface area contributed by atoms with Crippen molar-refractivity contribution in [2.24, 2.45) is 0 Å². The molecule has 12 heavy (non-hydrogen) atoms. The van der Waals surface area contributed by atoms with Gasteiger partial charge in [-0.1, -0.05) is 12.2 Å². The number of carbonyl (C=O) groups excluding carboxylic acids is 1. The van der Waals surface area contributed by atoms with Gasteiger partial charge >= 0.3 is 6.03 Å². The number of carbonyl (C=O) groups is 1. The first-order valence-corrected chi connectivity index (χ1v) is 4.79. The number of urea groups is 1. The Hall–Kier alpha value is -0.290. The van der Waals surface area contributed by atoms with Gasteiger partial charge in [-0.2, -0.15) is 12.6 Å². The molecule has 1 atom stereocenters. The van der Waals surface area contributed by atoms with Gasteiger partial charge in [-0.15, -0.1) is 0 Å². The highest BCUT2D eigenvalue weighted by Gasteiger charge is 2.33. The van der Waals surface area contributed by atoms with Crippen molar-refractivity contribution in [1.29, 1.82) is 0 Å². The van der Waals surface area contributed by atoms with Crippen molar-refractivity contribution in [2.45, 2.75) is 19.2 Å². The molecule has 3 nitrogen and oxygen atoms in total. The molecule has 68 valence electrons. The zero-order chi connectivity index (χ0) is 9.30. The Balaban J connectivity index is 2.77. The Morgan fingerprint density at radius 1 is 1.75 bits per heavy atom. The lowest BCUT2D eigenvalue weighted by Crippen LogP contribution is -2.36. The molecule has 0 saturated carbocycles. The van der Waals surface area contributed by atoms with Gasteiger partial charge in [0.05, 0.1) is 11.9 Å². The van der Waals surface area contributed by atoms with Crippen LogP contribution < -0.4 is 0 Å². The molecule has 0 radical (unpaired) electrons. The maximum absolute atomic E-state index is 11.5. The molecular weight excluding hydrogens is 192 g/mol. The van der Waals surface area contributed by atoms with Crippen LogP contribution in [0.25, 0.3) is 0 Å². The molecule has 0 bridgehead atoms. The smallest absolute Gasteiger partial charge is 0.318 e. The summed E-state index contributed by atoms with van der Waals surface area (Å²) in [6.07, 6.45) is 0. The van der Waals surface area contributed by atoms with Crippen LogP contribution in [-0.4, -0.2) is 39.3 Å². The van der Waals surface area contributed by atoms with E-state index in [4.69, 9.17) is 12.2 Å². The molecule has 5 heteroatoms. The largest absolute Gasteiger partial charge is 0.326 e. The number of rotatable bonds is 2. The van der Waals surface area contributed by atoms with Crippen LogP contribution in [0.15, 0.2) is 0 Å². The van der Waals surface area contributed by atoms with E-state index in [0.717, 1.165) is 0 Å². The normalized spacial score (nSPS) is 20.6. The van der Waals surface area contributed by atoms with E-state index in [1.807, 2.05) is 13.8 Å². The Bertz CT molecular complexity index is 217. The Morgan fingerprint density at radius 2 is 2.33 bits per heavy atom. The minimum absolute atomic E-state index is 0.0231. The summed E-state index contributed by atoms with van der Waals surface area (Å²) in [7, 11) is 0. The summed E-state index contributed by atoms with van der Waals surface area (Å²) in [6.45, 7) is 5.05. The quantitative estimate of drug-likeness (QED) is 0.542. The van der Waals surface area contributed by atoms with Crippen molar-refractivity contribution < 1.29 is 4.79 Å². The number of likely N-dealkylation sites (N-methyl/N-ethyl adjacent to an activating group) is 1. The summed E-state index contributed by atoms with van der Waals surface area (Å²) in [6, 6.07) is -0.0231. The van der Waals surface area contributed by atoms with E-state index in [1.165, 1.54) is 0 Å². The molecule has 1 aliphatic rings. The van der Waals surface area contributed by atoms with Crippen molar-refractivity contribution in [3.63, 3.8) is 0 Å². The molecule has 0 aliphatic carbocycles. The zero-order valence-corrected chi connectivity index (χ0v) is 8.86. The second-order valence-corrected chi connectivity index (χ2v) is 3.91. The minimum atomic E-state index is -0.124. The van der Waals surface area contributed by atoms with Crippen LogP contribution in [-0.2, 0) is 0 Å². The fourth-order valence-electron chi connectivity index (χ4n) is 1.18. The molecule has 0 aromatic carbocycles. The van der Waals surface area contributed by atoms with Crippen LogP contribution in [0.5, 0.6) is 0 Å². The van der Waals surface area contributed by atoms with E-state index in [-0.39, 0.29) is 11.4 Å². The van der Waals surface area contributed by atoms with E-state index in [2.05, 4.69) is 12.6 Å². The van der Waals surface area contributed by atoms with E-state index in [0.29, 0.717) is 18.1 Å². The summed E-state index contributed by atoms with van der Waals surface area (Å²) in [5.41, 5.74) is 0. The number of nitrogens with zero attached hydrogens (tertiary/aromatic N) is 2. The lowest BCUT2D eigenvalue weighted by Gasteiger charge is -2.19. The fourth-order valence-corrected chi connectivity index (χ4v) is 1.89. The zero-order valence-electron chi connectivity index (χ0n) is 7.15. The molecule has 1 unspecified atom stereocenters. The van der Waals surface area contributed by atoms with Gasteiger partial charge in [0.1, 0.15) is 4.99 Å². The number of hydrogen-bond donors (Lipinski definition) is 1. The lowest BCUT2D eigenvalue weighted by molar-refractivity contribution is 0.197. The highest BCUT2D eigenvalue weighted by molar-refractivity contribution is 7.81. The third-order valence-electron chi connectivity index (χ3n) is 1.83. The van der Waals surface area contributed by atoms with Gasteiger partial charge in [-0.05, 0) is 13.8 Å². The lowest BCUT2D eigenvalue weighted by atomic mass is 10.5. The highest BCUT2D eigenvalue weighted by Crippen LogP contribution is 2.16. The average Bonchev–Trinajstić information content (AvgIpc) is 2.25. The van der Waals surface area contributed by atoms with E-state index in [9.17, 15) is 4.79 Å². The maximum Gasteiger partial charge on any atom is 0.326 e. The third-order valence-corrected chi connectivity index (χ3v) is 2.38. The van der Waals surface area contributed by atoms with Crippen LogP contribution in [0.2, 0.25) is 0 Å². The van der Waals surface area contributed by atoms with Gasteiger partial charge in [0.15, 0.2) is 0 Å². The summed E-state index contributed by atoms with van der Waals surface area (Å²) >= 11 is 9.23. The van der Waals surface area contributed by atoms with Gasteiger partial charge in [-0.25, -0.2) is 4.79 Å². The molecule has 2 amide bonds.